The molecule has 10 heteroatoms. The van der Waals surface area contributed by atoms with Crippen LogP contribution < -0.4 is 10.6 Å². The molecule has 4 aromatic rings. The summed E-state index contributed by atoms with van der Waals surface area (Å²) >= 11 is 1.16. The number of benzene rings is 2. The van der Waals surface area contributed by atoms with Gasteiger partial charge in [-0.2, -0.15) is 0 Å². The molecule has 0 aliphatic carbocycles. The maximum absolute atomic E-state index is 14.7. The average molecular weight is 477 g/mol. The second kappa shape index (κ2) is 10.3. The molecule has 0 unspecified atom stereocenters. The van der Waals surface area contributed by atoms with E-state index in [0.29, 0.717) is 27.9 Å². The second-order valence-corrected chi connectivity index (χ2v) is 8.65. The predicted molar refractivity (Wildman–Crippen MR) is 129 cm³/mol. The van der Waals surface area contributed by atoms with Crippen molar-refractivity contribution in [2.24, 2.45) is 0 Å². The monoisotopic (exact) mass is 476 g/mol. The van der Waals surface area contributed by atoms with E-state index < -0.39 is 11.1 Å². The minimum Gasteiger partial charge on any atom is -0.326 e. The fourth-order valence-electron chi connectivity index (χ4n) is 3.17. The van der Waals surface area contributed by atoms with Gasteiger partial charge in [0.25, 0.3) is 0 Å². The lowest BCUT2D eigenvalue weighted by Gasteiger charge is -2.14. The lowest BCUT2D eigenvalue weighted by atomic mass is 10.2. The first-order valence-electron chi connectivity index (χ1n) is 10.4. The third-order valence-electron chi connectivity index (χ3n) is 4.77. The van der Waals surface area contributed by atoms with Gasteiger partial charge < -0.3 is 10.6 Å². The van der Waals surface area contributed by atoms with Crippen molar-refractivity contribution in [3.63, 3.8) is 0 Å². The molecule has 0 aliphatic rings. The van der Waals surface area contributed by atoms with E-state index in [1.165, 1.54) is 13.0 Å². The number of hydrogen-bond donors (Lipinski definition) is 2. The topological polar surface area (TPSA) is 102 Å². The first kappa shape index (κ1) is 23.1. The summed E-state index contributed by atoms with van der Waals surface area (Å²) in [5.74, 6) is -0.456. The predicted octanol–water partition coefficient (Wildman–Crippen LogP) is 4.55. The van der Waals surface area contributed by atoms with E-state index in [-0.39, 0.29) is 17.5 Å². The molecule has 0 radical (unpaired) electrons. The van der Waals surface area contributed by atoms with Gasteiger partial charge in [-0.15, -0.1) is 10.2 Å². The Hall–Kier alpha value is -4.05. The Bertz CT molecular complexity index is 1310. The zero-order valence-corrected chi connectivity index (χ0v) is 19.2. The van der Waals surface area contributed by atoms with Gasteiger partial charge >= 0.3 is 0 Å². The molecule has 34 heavy (non-hydrogen) atoms. The lowest BCUT2D eigenvalue weighted by Crippen LogP contribution is -2.23. The van der Waals surface area contributed by atoms with Crippen LogP contribution in [0.4, 0.5) is 15.8 Å². The Morgan fingerprint density at radius 2 is 1.68 bits per heavy atom. The van der Waals surface area contributed by atoms with Gasteiger partial charge in [-0.25, -0.2) is 4.39 Å². The number of carbonyl (C=O) groups is 2. The zero-order valence-electron chi connectivity index (χ0n) is 18.4. The number of nitrogens with zero attached hydrogens (tertiary/aromatic N) is 4. The van der Waals surface area contributed by atoms with Crippen molar-refractivity contribution in [3.8, 4) is 17.1 Å². The molecule has 1 atom stereocenters. The van der Waals surface area contributed by atoms with Crippen molar-refractivity contribution in [1.29, 1.82) is 0 Å². The standard InChI is InChI=1S/C24H21FN6O2S/c1-15(23(33)28-19-11-9-18(10-12-19)27-16(2)32)34-24-30-29-22(17-6-5-13-26-14-17)31(24)21-8-4-3-7-20(21)25/h3-15H,1-2H3,(H,27,32)(H,28,33)/t15-/m0/s1. The van der Waals surface area contributed by atoms with Crippen molar-refractivity contribution in [1.82, 2.24) is 19.7 Å². The molecule has 0 aliphatic heterocycles. The fraction of sp³-hybridized carbons (Fsp3) is 0.125. The van der Waals surface area contributed by atoms with Crippen molar-refractivity contribution in [3.05, 3.63) is 78.9 Å². The van der Waals surface area contributed by atoms with Crippen LogP contribution in [0.3, 0.4) is 0 Å². The first-order chi connectivity index (χ1) is 16.4. The largest absolute Gasteiger partial charge is 0.326 e. The molecule has 4 rings (SSSR count). The number of amides is 2. The number of hydrogen-bond acceptors (Lipinski definition) is 6. The van der Waals surface area contributed by atoms with E-state index in [2.05, 4.69) is 25.8 Å². The highest BCUT2D eigenvalue weighted by molar-refractivity contribution is 8.00. The lowest BCUT2D eigenvalue weighted by molar-refractivity contribution is -0.115. The van der Waals surface area contributed by atoms with E-state index >= 15 is 0 Å². The molecular weight excluding hydrogens is 455 g/mol. The second-order valence-electron chi connectivity index (χ2n) is 7.34. The van der Waals surface area contributed by atoms with E-state index in [9.17, 15) is 14.0 Å². The molecule has 2 aromatic heterocycles. The zero-order chi connectivity index (χ0) is 24.1. The van der Waals surface area contributed by atoms with Crippen LogP contribution in [0.5, 0.6) is 0 Å². The van der Waals surface area contributed by atoms with Gasteiger partial charge in [0.15, 0.2) is 11.0 Å². The smallest absolute Gasteiger partial charge is 0.237 e. The molecule has 0 saturated heterocycles. The van der Waals surface area contributed by atoms with Crippen molar-refractivity contribution in [2.75, 3.05) is 10.6 Å². The first-order valence-corrected chi connectivity index (χ1v) is 11.3. The van der Waals surface area contributed by atoms with Gasteiger partial charge in [-0.3, -0.25) is 19.1 Å². The molecule has 2 N–H and O–H groups in total. The molecule has 0 spiro atoms. The molecule has 2 amide bonds. The summed E-state index contributed by atoms with van der Waals surface area (Å²) in [4.78, 5) is 28.1. The average Bonchev–Trinajstić information content (AvgIpc) is 3.24. The van der Waals surface area contributed by atoms with E-state index in [1.54, 1.807) is 72.4 Å². The minimum absolute atomic E-state index is 0.175. The van der Waals surface area contributed by atoms with Crippen LogP contribution in [0.25, 0.3) is 17.1 Å². The Morgan fingerprint density at radius 3 is 2.32 bits per heavy atom. The van der Waals surface area contributed by atoms with E-state index in [4.69, 9.17) is 0 Å². The summed E-state index contributed by atoms with van der Waals surface area (Å²) in [6, 6.07) is 16.7. The minimum atomic E-state index is -0.563. The summed E-state index contributed by atoms with van der Waals surface area (Å²) in [5, 5.41) is 13.8. The summed E-state index contributed by atoms with van der Waals surface area (Å²) in [5.41, 5.74) is 2.16. The Kier molecular flexibility index (Phi) is 6.98. The van der Waals surface area contributed by atoms with Crippen LogP contribution in [0, 0.1) is 5.82 Å². The molecule has 2 heterocycles. The summed E-state index contributed by atoms with van der Waals surface area (Å²) in [6.07, 6.45) is 3.26. The Balaban J connectivity index is 1.57. The third kappa shape index (κ3) is 5.29. The van der Waals surface area contributed by atoms with Gasteiger partial charge in [0.2, 0.25) is 11.8 Å². The number of rotatable bonds is 7. The van der Waals surface area contributed by atoms with Gasteiger partial charge in [-0.1, -0.05) is 23.9 Å². The number of nitrogens with one attached hydrogen (secondary N) is 2. The summed E-state index contributed by atoms with van der Waals surface area (Å²) < 4.78 is 16.3. The van der Waals surface area contributed by atoms with Crippen molar-refractivity contribution in [2.45, 2.75) is 24.3 Å². The number of halogens is 1. The molecular formula is C24H21FN6O2S. The number of para-hydroxylation sites is 1. The van der Waals surface area contributed by atoms with Gasteiger partial charge in [0.05, 0.1) is 10.9 Å². The molecule has 172 valence electrons. The highest BCUT2D eigenvalue weighted by atomic mass is 32.2. The van der Waals surface area contributed by atoms with Crippen molar-refractivity contribution >= 4 is 35.0 Å². The molecule has 0 fully saturated rings. The number of thioether (sulfide) groups is 1. The van der Waals surface area contributed by atoms with Gasteiger partial charge in [0, 0.05) is 36.3 Å². The normalized spacial score (nSPS) is 11.6. The summed E-state index contributed by atoms with van der Waals surface area (Å²) in [6.45, 7) is 3.16. The molecule has 2 aromatic carbocycles. The fourth-order valence-corrected chi connectivity index (χ4v) is 4.03. The molecule has 8 nitrogen and oxygen atoms in total. The van der Waals surface area contributed by atoms with E-state index in [0.717, 1.165) is 11.8 Å². The Labute approximate surface area is 199 Å². The van der Waals surface area contributed by atoms with Gasteiger partial charge in [-0.05, 0) is 55.5 Å². The number of aromatic nitrogens is 4. The van der Waals surface area contributed by atoms with Crippen LogP contribution in [-0.4, -0.2) is 36.8 Å². The van der Waals surface area contributed by atoms with Crippen LogP contribution in [0.2, 0.25) is 0 Å². The quantitative estimate of drug-likeness (QED) is 0.380. The number of carbonyl (C=O) groups excluding carboxylic acids is 2. The highest BCUT2D eigenvalue weighted by Crippen LogP contribution is 2.31. The number of anilines is 2. The molecule has 0 bridgehead atoms. The van der Waals surface area contributed by atoms with Crippen LogP contribution in [0.1, 0.15) is 13.8 Å². The third-order valence-corrected chi connectivity index (χ3v) is 5.81. The van der Waals surface area contributed by atoms with Gasteiger partial charge in [0.1, 0.15) is 5.82 Å². The Morgan fingerprint density at radius 1 is 0.971 bits per heavy atom. The van der Waals surface area contributed by atoms with Crippen LogP contribution in [0.15, 0.2) is 78.2 Å². The molecule has 0 saturated carbocycles. The maximum Gasteiger partial charge on any atom is 0.237 e. The van der Waals surface area contributed by atoms with Crippen LogP contribution >= 0.6 is 11.8 Å². The summed E-state index contributed by atoms with van der Waals surface area (Å²) in [7, 11) is 0. The maximum atomic E-state index is 14.7. The SMILES string of the molecule is CC(=O)Nc1ccc(NC(=O)[C@H](C)Sc2nnc(-c3cccnc3)n2-c2ccccc2F)cc1. The van der Waals surface area contributed by atoms with Crippen molar-refractivity contribution < 1.29 is 14.0 Å². The van der Waals surface area contributed by atoms with E-state index in [1.807, 2.05) is 6.07 Å². The van der Waals surface area contributed by atoms with Crippen LogP contribution in [-0.2, 0) is 9.59 Å². The number of pyridine rings is 1. The highest BCUT2D eigenvalue weighted by Gasteiger charge is 2.23.